The quantitative estimate of drug-likeness (QED) is 0.587. The summed E-state index contributed by atoms with van der Waals surface area (Å²) < 4.78 is 16.4. The van der Waals surface area contributed by atoms with Crippen LogP contribution >= 0.6 is 0 Å². The molecule has 0 spiro atoms. The normalized spacial score (nSPS) is 11.0. The highest BCUT2D eigenvalue weighted by Crippen LogP contribution is 2.22. The Bertz CT molecular complexity index is 1190. The van der Waals surface area contributed by atoms with Gasteiger partial charge in [0.15, 0.2) is 5.76 Å². The van der Waals surface area contributed by atoms with E-state index in [0.717, 1.165) is 11.3 Å². The second-order valence-corrected chi connectivity index (χ2v) is 6.06. The first-order valence-electron chi connectivity index (χ1n) is 8.53. The second kappa shape index (κ2) is 6.99. The van der Waals surface area contributed by atoms with Crippen molar-refractivity contribution in [3.8, 4) is 5.75 Å². The molecule has 4 aromatic rings. The van der Waals surface area contributed by atoms with Gasteiger partial charge in [-0.1, -0.05) is 30.3 Å². The zero-order valence-corrected chi connectivity index (χ0v) is 14.7. The summed E-state index contributed by atoms with van der Waals surface area (Å²) >= 11 is 0. The number of carbonyl (C=O) groups is 1. The molecule has 0 aliphatic carbocycles. The molecule has 2 aromatic carbocycles. The summed E-state index contributed by atoms with van der Waals surface area (Å²) in [5, 5.41) is 3.49. The van der Waals surface area contributed by atoms with Gasteiger partial charge < -0.3 is 18.9 Å². The highest BCUT2D eigenvalue weighted by Gasteiger charge is 2.17. The van der Waals surface area contributed by atoms with E-state index in [1.165, 1.54) is 6.07 Å². The largest absolute Gasteiger partial charge is 0.496 e. The molecule has 0 radical (unpaired) electrons. The number of hydrogen-bond acceptors (Lipinski definition) is 5. The summed E-state index contributed by atoms with van der Waals surface area (Å²) in [5.41, 5.74) is 1.20. The Morgan fingerprint density at radius 1 is 1.04 bits per heavy atom. The van der Waals surface area contributed by atoms with Crippen LogP contribution in [-0.4, -0.2) is 19.6 Å². The number of para-hydroxylation sites is 2. The minimum absolute atomic E-state index is 0.0428. The number of amides is 1. The fraction of sp³-hybridized carbons (Fsp3) is 0.143. The molecule has 0 aliphatic rings. The van der Waals surface area contributed by atoms with Crippen molar-refractivity contribution in [3.63, 3.8) is 0 Å². The van der Waals surface area contributed by atoms with Crippen LogP contribution in [0.3, 0.4) is 0 Å². The van der Waals surface area contributed by atoms with E-state index in [4.69, 9.17) is 13.6 Å². The third kappa shape index (κ3) is 3.17. The summed E-state index contributed by atoms with van der Waals surface area (Å²) in [4.78, 5) is 24.9. The van der Waals surface area contributed by atoms with E-state index in [1.54, 1.807) is 31.4 Å². The molecule has 0 aliphatic heterocycles. The molecular formula is C21H17NO5. The molecule has 136 valence electrons. The highest BCUT2D eigenvalue weighted by molar-refractivity contribution is 5.97. The predicted octanol–water partition coefficient (Wildman–Crippen LogP) is 3.52. The van der Waals surface area contributed by atoms with Gasteiger partial charge in [0.25, 0.3) is 5.91 Å². The van der Waals surface area contributed by atoms with Gasteiger partial charge in [-0.2, -0.15) is 0 Å². The van der Waals surface area contributed by atoms with Crippen molar-refractivity contribution in [2.75, 3.05) is 13.7 Å². The van der Waals surface area contributed by atoms with Crippen LogP contribution in [-0.2, 0) is 6.42 Å². The average molecular weight is 363 g/mol. The topological polar surface area (TPSA) is 81.7 Å². The monoisotopic (exact) mass is 363 g/mol. The average Bonchev–Trinajstić information content (AvgIpc) is 3.13. The lowest BCUT2D eigenvalue weighted by Gasteiger charge is -2.08. The smallest absolute Gasteiger partial charge is 0.302 e. The van der Waals surface area contributed by atoms with Crippen molar-refractivity contribution in [1.82, 2.24) is 5.32 Å². The fourth-order valence-electron chi connectivity index (χ4n) is 3.02. The van der Waals surface area contributed by atoms with Crippen molar-refractivity contribution < 1.29 is 18.4 Å². The Morgan fingerprint density at radius 3 is 2.67 bits per heavy atom. The van der Waals surface area contributed by atoms with Gasteiger partial charge in [-0.15, -0.1) is 0 Å². The number of nitrogens with one attached hydrogen (secondary N) is 1. The fourth-order valence-corrected chi connectivity index (χ4v) is 3.02. The first-order valence-corrected chi connectivity index (χ1v) is 8.53. The molecule has 0 bridgehead atoms. The molecule has 0 atom stereocenters. The molecule has 1 amide bonds. The van der Waals surface area contributed by atoms with Crippen LogP contribution in [0.4, 0.5) is 0 Å². The molecule has 2 aromatic heterocycles. The number of hydrogen-bond donors (Lipinski definition) is 1. The SMILES string of the molecule is COc1ccccc1CCNC(=O)c1cc2c(=O)c3ccccc3oc2o1. The van der Waals surface area contributed by atoms with Crippen LogP contribution in [0.25, 0.3) is 22.1 Å². The summed E-state index contributed by atoms with van der Waals surface area (Å²) in [6.07, 6.45) is 0.608. The minimum atomic E-state index is -0.403. The zero-order valence-electron chi connectivity index (χ0n) is 14.7. The zero-order chi connectivity index (χ0) is 18.8. The van der Waals surface area contributed by atoms with Gasteiger partial charge in [-0.25, -0.2) is 0 Å². The maximum Gasteiger partial charge on any atom is 0.302 e. The Hall–Kier alpha value is -3.54. The minimum Gasteiger partial charge on any atom is -0.496 e. The third-order valence-corrected chi connectivity index (χ3v) is 4.37. The number of rotatable bonds is 5. The van der Waals surface area contributed by atoms with E-state index in [-0.39, 0.29) is 22.4 Å². The number of furan rings is 1. The van der Waals surface area contributed by atoms with Crippen molar-refractivity contribution in [2.24, 2.45) is 0 Å². The van der Waals surface area contributed by atoms with Gasteiger partial charge in [0, 0.05) is 12.6 Å². The van der Waals surface area contributed by atoms with E-state index in [9.17, 15) is 9.59 Å². The Balaban J connectivity index is 1.53. The summed E-state index contributed by atoms with van der Waals surface area (Å²) in [7, 11) is 1.61. The summed E-state index contributed by atoms with van der Waals surface area (Å²) in [6, 6.07) is 15.9. The molecule has 0 saturated heterocycles. The van der Waals surface area contributed by atoms with Gasteiger partial charge in [0.1, 0.15) is 16.7 Å². The molecule has 27 heavy (non-hydrogen) atoms. The van der Waals surface area contributed by atoms with Crippen LogP contribution in [0.1, 0.15) is 16.1 Å². The first-order chi connectivity index (χ1) is 13.2. The first kappa shape index (κ1) is 16.9. The number of benzene rings is 2. The van der Waals surface area contributed by atoms with Crippen molar-refractivity contribution >= 4 is 28.0 Å². The lowest BCUT2D eigenvalue weighted by molar-refractivity contribution is 0.0926. The number of methoxy groups -OCH3 is 1. The second-order valence-electron chi connectivity index (χ2n) is 6.06. The van der Waals surface area contributed by atoms with E-state index < -0.39 is 5.91 Å². The summed E-state index contributed by atoms with van der Waals surface area (Å²) in [5.74, 6) is 0.464. The molecule has 4 rings (SSSR count). The molecule has 0 fully saturated rings. The van der Waals surface area contributed by atoms with Crippen molar-refractivity contribution in [2.45, 2.75) is 6.42 Å². The molecule has 6 heteroatoms. The maximum atomic E-state index is 12.5. The highest BCUT2D eigenvalue weighted by atomic mass is 16.5. The molecule has 0 saturated carbocycles. The van der Waals surface area contributed by atoms with Crippen molar-refractivity contribution in [3.05, 3.63) is 76.1 Å². The third-order valence-electron chi connectivity index (χ3n) is 4.37. The predicted molar refractivity (Wildman–Crippen MR) is 101 cm³/mol. The number of fused-ring (bicyclic) bond motifs is 2. The van der Waals surface area contributed by atoms with Crippen LogP contribution in [0.15, 0.2) is 68.2 Å². The van der Waals surface area contributed by atoms with Crippen LogP contribution in [0.2, 0.25) is 0 Å². The van der Waals surface area contributed by atoms with Crippen LogP contribution in [0, 0.1) is 0 Å². The van der Waals surface area contributed by atoms with Crippen LogP contribution in [0.5, 0.6) is 5.75 Å². The Kier molecular flexibility index (Phi) is 4.38. The Labute approximate surface area is 154 Å². The molecule has 0 unspecified atom stereocenters. The lowest BCUT2D eigenvalue weighted by Crippen LogP contribution is -2.25. The molecular weight excluding hydrogens is 346 g/mol. The van der Waals surface area contributed by atoms with Gasteiger partial charge in [-0.3, -0.25) is 9.59 Å². The maximum absolute atomic E-state index is 12.5. The van der Waals surface area contributed by atoms with Gasteiger partial charge in [0.2, 0.25) is 5.43 Å². The van der Waals surface area contributed by atoms with Gasteiger partial charge >= 0.3 is 5.78 Å². The van der Waals surface area contributed by atoms with E-state index in [2.05, 4.69) is 5.32 Å². The molecule has 2 heterocycles. The van der Waals surface area contributed by atoms with Gasteiger partial charge in [0.05, 0.1) is 12.5 Å². The van der Waals surface area contributed by atoms with Gasteiger partial charge in [-0.05, 0) is 30.2 Å². The summed E-state index contributed by atoms with van der Waals surface area (Å²) in [6.45, 7) is 0.402. The van der Waals surface area contributed by atoms with E-state index in [0.29, 0.717) is 23.9 Å². The lowest BCUT2D eigenvalue weighted by atomic mass is 10.1. The van der Waals surface area contributed by atoms with E-state index >= 15 is 0 Å². The standard InChI is InChI=1S/C21H17NO5/c1-25-16-8-4-2-6-13(16)10-11-22-20(24)18-12-15-19(23)14-7-3-5-9-17(14)26-21(15)27-18/h2-9,12H,10-11H2,1H3,(H,22,24). The Morgan fingerprint density at radius 2 is 1.81 bits per heavy atom. The number of ether oxygens (including phenoxy) is 1. The van der Waals surface area contributed by atoms with Crippen molar-refractivity contribution in [1.29, 1.82) is 0 Å². The van der Waals surface area contributed by atoms with Crippen LogP contribution < -0.4 is 15.5 Å². The van der Waals surface area contributed by atoms with E-state index in [1.807, 2.05) is 24.3 Å². The molecule has 1 N–H and O–H groups in total. The molecule has 6 nitrogen and oxygen atoms in total. The number of carbonyl (C=O) groups excluding carboxylic acids is 1.